The smallest absolute Gasteiger partial charge is 0.353 e. The Morgan fingerprint density at radius 1 is 1.14 bits per heavy atom. The Morgan fingerprint density at radius 3 is 2.43 bits per heavy atom. The van der Waals surface area contributed by atoms with Gasteiger partial charge in [-0.25, -0.2) is 4.79 Å². The molecule has 0 heterocycles. The van der Waals surface area contributed by atoms with Crippen LogP contribution in [0.15, 0.2) is 0 Å². The van der Waals surface area contributed by atoms with Crippen molar-refractivity contribution >= 4 is 11.9 Å². The summed E-state index contributed by atoms with van der Waals surface area (Å²) in [7, 11) is 0. The summed E-state index contributed by atoms with van der Waals surface area (Å²) >= 11 is 0. The van der Waals surface area contributed by atoms with E-state index in [1.54, 1.807) is 0 Å². The first-order chi connectivity index (χ1) is 9.80. The molecule has 1 fully saturated rings. The molecule has 1 aliphatic carbocycles. The Hall–Kier alpha value is -1.47. The number of nitrogens with one attached hydrogen (secondary N) is 2. The van der Waals surface area contributed by atoms with Crippen LogP contribution in [0.5, 0.6) is 0 Å². The molecule has 0 saturated heterocycles. The van der Waals surface area contributed by atoms with Gasteiger partial charge in [-0.15, -0.1) is 0 Å². The van der Waals surface area contributed by atoms with Crippen LogP contribution in [0.2, 0.25) is 0 Å². The fourth-order valence-electron chi connectivity index (χ4n) is 2.60. The third-order valence-electron chi connectivity index (χ3n) is 3.66. The molecular formula is C13H22F3N3O2. The number of hydrogen-bond acceptors (Lipinski definition) is 2. The fraction of sp³-hybridized carbons (Fsp3) is 0.846. The lowest BCUT2D eigenvalue weighted by Crippen LogP contribution is -2.47. The van der Waals surface area contributed by atoms with Gasteiger partial charge in [0, 0.05) is 19.0 Å². The molecule has 0 bridgehead atoms. The van der Waals surface area contributed by atoms with Gasteiger partial charge in [0.1, 0.15) is 0 Å². The topological polar surface area (TPSA) is 84.2 Å². The van der Waals surface area contributed by atoms with Gasteiger partial charge in [0.2, 0.25) is 5.91 Å². The molecule has 0 spiro atoms. The molecule has 21 heavy (non-hydrogen) atoms. The average Bonchev–Trinajstić information content (AvgIpc) is 2.37. The van der Waals surface area contributed by atoms with Gasteiger partial charge >= 0.3 is 12.2 Å². The van der Waals surface area contributed by atoms with Crippen molar-refractivity contribution in [1.82, 2.24) is 10.6 Å². The summed E-state index contributed by atoms with van der Waals surface area (Å²) in [5.41, 5.74) is 4.88. The predicted molar refractivity (Wildman–Crippen MR) is 71.4 cm³/mol. The lowest BCUT2D eigenvalue weighted by Gasteiger charge is -2.33. The maximum Gasteiger partial charge on any atom is 0.393 e. The first kappa shape index (κ1) is 17.6. The molecule has 0 aromatic heterocycles. The van der Waals surface area contributed by atoms with E-state index in [-0.39, 0.29) is 18.7 Å². The molecule has 0 unspecified atom stereocenters. The van der Waals surface area contributed by atoms with E-state index in [9.17, 15) is 22.8 Å². The molecule has 0 aromatic carbocycles. The van der Waals surface area contributed by atoms with Crippen molar-refractivity contribution in [2.45, 2.75) is 57.2 Å². The Balaban J connectivity index is 2.30. The van der Waals surface area contributed by atoms with E-state index in [4.69, 9.17) is 5.73 Å². The van der Waals surface area contributed by atoms with E-state index in [1.165, 1.54) is 0 Å². The van der Waals surface area contributed by atoms with Crippen LogP contribution in [0.3, 0.4) is 0 Å². The van der Waals surface area contributed by atoms with Gasteiger partial charge in [0.05, 0.1) is 5.92 Å². The maximum absolute atomic E-state index is 12.9. The largest absolute Gasteiger partial charge is 0.393 e. The van der Waals surface area contributed by atoms with Gasteiger partial charge in [-0.05, 0) is 25.7 Å². The monoisotopic (exact) mass is 309 g/mol. The number of primary amides is 1. The molecule has 0 aliphatic heterocycles. The van der Waals surface area contributed by atoms with Gasteiger partial charge in [-0.1, -0.05) is 12.8 Å². The van der Waals surface area contributed by atoms with Crippen molar-refractivity contribution < 1.29 is 22.8 Å². The van der Waals surface area contributed by atoms with E-state index in [0.717, 1.165) is 0 Å². The molecule has 1 rings (SSSR count). The van der Waals surface area contributed by atoms with Crippen molar-refractivity contribution in [3.05, 3.63) is 0 Å². The lowest BCUT2D eigenvalue weighted by atomic mass is 9.84. The zero-order chi connectivity index (χ0) is 15.9. The van der Waals surface area contributed by atoms with Crippen LogP contribution in [0.4, 0.5) is 18.0 Å². The Bertz CT molecular complexity index is 361. The van der Waals surface area contributed by atoms with Crippen LogP contribution < -0.4 is 16.4 Å². The molecule has 5 nitrogen and oxygen atoms in total. The summed E-state index contributed by atoms with van der Waals surface area (Å²) in [6, 6.07) is -1.44. The van der Waals surface area contributed by atoms with Gasteiger partial charge in [-0.2, -0.15) is 13.2 Å². The number of halogens is 3. The zero-order valence-corrected chi connectivity index (χ0v) is 11.8. The first-order valence-corrected chi connectivity index (χ1v) is 7.20. The molecule has 0 aromatic rings. The third kappa shape index (κ3) is 6.68. The SMILES string of the molecule is NC(=O)NCCCCC(=O)N[C@@H]1CCCC[C@H]1C(F)(F)F. The van der Waals surface area contributed by atoms with Gasteiger partial charge < -0.3 is 16.4 Å². The van der Waals surface area contributed by atoms with E-state index in [2.05, 4.69) is 10.6 Å². The molecule has 1 saturated carbocycles. The van der Waals surface area contributed by atoms with E-state index >= 15 is 0 Å². The number of hydrogen-bond donors (Lipinski definition) is 3. The second kappa shape index (κ2) is 8.09. The van der Waals surface area contributed by atoms with Crippen LogP contribution in [0, 0.1) is 5.92 Å². The van der Waals surface area contributed by atoms with Crippen molar-refractivity contribution in [3.63, 3.8) is 0 Å². The van der Waals surface area contributed by atoms with Crippen LogP contribution in [0.25, 0.3) is 0 Å². The van der Waals surface area contributed by atoms with E-state index in [1.807, 2.05) is 0 Å². The number of nitrogens with two attached hydrogens (primary N) is 1. The quantitative estimate of drug-likeness (QED) is 0.656. The summed E-state index contributed by atoms with van der Waals surface area (Å²) in [5, 5.41) is 4.89. The molecule has 122 valence electrons. The molecule has 2 atom stereocenters. The number of alkyl halides is 3. The molecule has 4 N–H and O–H groups in total. The molecule has 8 heteroatoms. The summed E-state index contributed by atoms with van der Waals surface area (Å²) in [5.74, 6) is -1.80. The van der Waals surface area contributed by atoms with Gasteiger partial charge in [0.15, 0.2) is 0 Å². The normalized spacial score (nSPS) is 22.6. The predicted octanol–water partition coefficient (Wildman–Crippen LogP) is 2.06. The highest BCUT2D eigenvalue weighted by molar-refractivity contribution is 5.76. The first-order valence-electron chi connectivity index (χ1n) is 7.20. The van der Waals surface area contributed by atoms with Crippen LogP contribution in [0.1, 0.15) is 44.9 Å². The number of rotatable bonds is 6. The van der Waals surface area contributed by atoms with Crippen molar-refractivity contribution in [3.8, 4) is 0 Å². The summed E-state index contributed by atoms with van der Waals surface area (Å²) < 4.78 is 38.6. The number of carbonyl (C=O) groups is 2. The Morgan fingerprint density at radius 2 is 1.81 bits per heavy atom. The second-order valence-corrected chi connectivity index (χ2v) is 5.35. The minimum atomic E-state index is -4.26. The Labute approximate surface area is 121 Å². The standard InChI is InChI=1S/C13H22F3N3O2/c14-13(15,16)9-5-1-2-6-10(9)19-11(20)7-3-4-8-18-12(17)21/h9-10H,1-8H2,(H,19,20)(H3,17,18,21)/t9-,10-/m1/s1. The van der Waals surface area contributed by atoms with Crippen molar-refractivity contribution in [2.24, 2.45) is 11.7 Å². The minimum absolute atomic E-state index is 0.0803. The number of urea groups is 1. The average molecular weight is 309 g/mol. The maximum atomic E-state index is 12.9. The van der Waals surface area contributed by atoms with E-state index in [0.29, 0.717) is 38.6 Å². The Kier molecular flexibility index (Phi) is 6.77. The summed E-state index contributed by atoms with van der Waals surface area (Å²) in [4.78, 5) is 22.1. The van der Waals surface area contributed by atoms with Crippen LogP contribution in [-0.2, 0) is 4.79 Å². The van der Waals surface area contributed by atoms with Gasteiger partial charge in [-0.3, -0.25) is 4.79 Å². The molecular weight excluding hydrogens is 287 g/mol. The second-order valence-electron chi connectivity index (χ2n) is 5.35. The fourth-order valence-corrected chi connectivity index (χ4v) is 2.60. The highest BCUT2D eigenvalue weighted by Gasteiger charge is 2.45. The zero-order valence-electron chi connectivity index (χ0n) is 11.8. The lowest BCUT2D eigenvalue weighted by molar-refractivity contribution is -0.189. The van der Waals surface area contributed by atoms with E-state index < -0.39 is 24.2 Å². The number of unbranched alkanes of at least 4 members (excludes halogenated alkanes) is 1. The highest BCUT2D eigenvalue weighted by atomic mass is 19.4. The van der Waals surface area contributed by atoms with Crippen molar-refractivity contribution in [1.29, 1.82) is 0 Å². The van der Waals surface area contributed by atoms with Crippen LogP contribution >= 0.6 is 0 Å². The van der Waals surface area contributed by atoms with Crippen LogP contribution in [-0.4, -0.2) is 30.7 Å². The number of carbonyl (C=O) groups excluding carboxylic acids is 2. The molecule has 0 radical (unpaired) electrons. The summed E-state index contributed by atoms with van der Waals surface area (Å²) in [6.45, 7) is 0.358. The van der Waals surface area contributed by atoms with Crippen molar-refractivity contribution in [2.75, 3.05) is 6.54 Å². The molecule has 3 amide bonds. The third-order valence-corrected chi connectivity index (χ3v) is 3.66. The minimum Gasteiger partial charge on any atom is -0.353 e. The molecule has 1 aliphatic rings. The summed E-state index contributed by atoms with van der Waals surface area (Å²) in [6.07, 6.45) is -1.34. The number of amides is 3. The van der Waals surface area contributed by atoms with Gasteiger partial charge in [0.25, 0.3) is 0 Å². The highest BCUT2D eigenvalue weighted by Crippen LogP contribution is 2.37.